The van der Waals surface area contributed by atoms with E-state index in [4.69, 9.17) is 23.2 Å². The molecule has 2 rings (SSSR count). The van der Waals surface area contributed by atoms with Crippen LogP contribution in [-0.2, 0) is 0 Å². The van der Waals surface area contributed by atoms with E-state index in [0.717, 1.165) is 17.1 Å². The lowest BCUT2D eigenvalue weighted by atomic mass is 10.3. The molecule has 4 heteroatoms. The van der Waals surface area contributed by atoms with Crippen molar-refractivity contribution in [2.75, 3.05) is 0 Å². The number of halogens is 2. The van der Waals surface area contributed by atoms with Gasteiger partial charge in [0.2, 0.25) is 0 Å². The van der Waals surface area contributed by atoms with Gasteiger partial charge in [-0.1, -0.05) is 23.2 Å². The molecule has 0 atom stereocenters. The predicted molar refractivity (Wildman–Crippen MR) is 63.1 cm³/mol. The van der Waals surface area contributed by atoms with Gasteiger partial charge in [-0.2, -0.15) is 5.10 Å². The standard InChI is InChI=1S/C11H10Cl2N2/c1-7-5-8(2)15(14-7)11-4-3-9(12)6-10(11)13/h3-6H,1-2H3. The number of aryl methyl sites for hydroxylation is 2. The number of benzene rings is 1. The van der Waals surface area contributed by atoms with E-state index < -0.39 is 0 Å². The van der Waals surface area contributed by atoms with Crippen molar-refractivity contribution >= 4 is 23.2 Å². The van der Waals surface area contributed by atoms with E-state index in [1.165, 1.54) is 0 Å². The van der Waals surface area contributed by atoms with Crippen LogP contribution in [0, 0.1) is 13.8 Å². The number of hydrogen-bond donors (Lipinski definition) is 0. The van der Waals surface area contributed by atoms with Gasteiger partial charge >= 0.3 is 0 Å². The molecule has 0 fully saturated rings. The summed E-state index contributed by atoms with van der Waals surface area (Å²) in [4.78, 5) is 0. The third-order valence-corrected chi connectivity index (χ3v) is 2.69. The van der Waals surface area contributed by atoms with Gasteiger partial charge in [0.15, 0.2) is 0 Å². The Morgan fingerprint density at radius 3 is 2.40 bits per heavy atom. The molecule has 0 saturated heterocycles. The summed E-state index contributed by atoms with van der Waals surface area (Å²) in [6.45, 7) is 3.94. The molecule has 0 N–H and O–H groups in total. The van der Waals surface area contributed by atoms with E-state index in [2.05, 4.69) is 5.10 Å². The third kappa shape index (κ3) is 2.01. The summed E-state index contributed by atoms with van der Waals surface area (Å²) in [7, 11) is 0. The van der Waals surface area contributed by atoms with E-state index in [9.17, 15) is 0 Å². The molecule has 2 nitrogen and oxygen atoms in total. The molecule has 0 saturated carbocycles. The number of nitrogens with zero attached hydrogens (tertiary/aromatic N) is 2. The van der Waals surface area contributed by atoms with Crippen molar-refractivity contribution in [3.63, 3.8) is 0 Å². The molecule has 15 heavy (non-hydrogen) atoms. The Kier molecular flexibility index (Phi) is 2.72. The molecule has 1 aromatic carbocycles. The number of hydrogen-bond acceptors (Lipinski definition) is 1. The minimum atomic E-state index is 0.605. The van der Waals surface area contributed by atoms with E-state index in [1.54, 1.807) is 12.1 Å². The first kappa shape index (κ1) is 10.5. The summed E-state index contributed by atoms with van der Waals surface area (Å²) >= 11 is 11.9. The summed E-state index contributed by atoms with van der Waals surface area (Å²) in [6.07, 6.45) is 0. The van der Waals surface area contributed by atoms with Crippen molar-refractivity contribution in [2.45, 2.75) is 13.8 Å². The van der Waals surface area contributed by atoms with Crippen LogP contribution in [0.4, 0.5) is 0 Å². The summed E-state index contributed by atoms with van der Waals surface area (Å²) < 4.78 is 1.81. The maximum atomic E-state index is 6.10. The fourth-order valence-corrected chi connectivity index (χ4v) is 2.01. The molecular weight excluding hydrogens is 231 g/mol. The Hall–Kier alpha value is -0.990. The molecule has 0 aliphatic rings. The third-order valence-electron chi connectivity index (χ3n) is 2.15. The van der Waals surface area contributed by atoms with Gasteiger partial charge in [0.25, 0.3) is 0 Å². The smallest absolute Gasteiger partial charge is 0.0835 e. The zero-order chi connectivity index (χ0) is 11.0. The van der Waals surface area contributed by atoms with Gasteiger partial charge in [-0.3, -0.25) is 0 Å². The Morgan fingerprint density at radius 2 is 1.87 bits per heavy atom. The summed E-state index contributed by atoms with van der Waals surface area (Å²) in [5.41, 5.74) is 2.88. The van der Waals surface area contributed by atoms with Crippen molar-refractivity contribution in [3.8, 4) is 5.69 Å². The van der Waals surface area contributed by atoms with Crippen molar-refractivity contribution in [1.29, 1.82) is 0 Å². The average molecular weight is 241 g/mol. The molecule has 1 aromatic heterocycles. The molecular formula is C11H10Cl2N2. The molecule has 78 valence electrons. The normalized spacial score (nSPS) is 10.7. The van der Waals surface area contributed by atoms with Gasteiger partial charge in [0.05, 0.1) is 16.4 Å². The van der Waals surface area contributed by atoms with Crippen molar-refractivity contribution < 1.29 is 0 Å². The number of rotatable bonds is 1. The van der Waals surface area contributed by atoms with Crippen molar-refractivity contribution in [1.82, 2.24) is 9.78 Å². The van der Waals surface area contributed by atoms with Crippen LogP contribution < -0.4 is 0 Å². The van der Waals surface area contributed by atoms with Crippen LogP contribution >= 0.6 is 23.2 Å². The Labute approximate surface area is 98.4 Å². The second kappa shape index (κ2) is 3.87. The second-order valence-electron chi connectivity index (χ2n) is 3.43. The monoisotopic (exact) mass is 240 g/mol. The Morgan fingerprint density at radius 1 is 1.13 bits per heavy atom. The van der Waals surface area contributed by atoms with Gasteiger partial charge < -0.3 is 0 Å². The molecule has 0 spiro atoms. The van der Waals surface area contributed by atoms with Crippen molar-refractivity contribution in [3.05, 3.63) is 45.7 Å². The summed E-state index contributed by atoms with van der Waals surface area (Å²) in [6, 6.07) is 7.39. The van der Waals surface area contributed by atoms with E-state index >= 15 is 0 Å². The lowest BCUT2D eigenvalue weighted by Gasteiger charge is -2.06. The van der Waals surface area contributed by atoms with Gasteiger partial charge in [-0.25, -0.2) is 4.68 Å². The van der Waals surface area contributed by atoms with Crippen LogP contribution in [0.1, 0.15) is 11.4 Å². The highest BCUT2D eigenvalue weighted by Crippen LogP contribution is 2.25. The van der Waals surface area contributed by atoms with Gasteiger partial charge in [-0.15, -0.1) is 0 Å². The van der Waals surface area contributed by atoms with E-state index in [-0.39, 0.29) is 0 Å². The van der Waals surface area contributed by atoms with Crippen LogP contribution in [0.15, 0.2) is 24.3 Å². The topological polar surface area (TPSA) is 17.8 Å². The Bertz CT molecular complexity index is 503. The average Bonchev–Trinajstić information content (AvgIpc) is 2.45. The van der Waals surface area contributed by atoms with Crippen molar-refractivity contribution in [2.24, 2.45) is 0 Å². The van der Waals surface area contributed by atoms with Crippen LogP contribution in [0.5, 0.6) is 0 Å². The second-order valence-corrected chi connectivity index (χ2v) is 4.28. The molecule has 0 radical (unpaired) electrons. The highest BCUT2D eigenvalue weighted by Gasteiger charge is 2.07. The first-order valence-electron chi connectivity index (χ1n) is 4.56. The van der Waals surface area contributed by atoms with E-state index in [1.807, 2.05) is 30.7 Å². The maximum Gasteiger partial charge on any atom is 0.0835 e. The number of aromatic nitrogens is 2. The fourth-order valence-electron chi connectivity index (χ4n) is 1.53. The molecule has 0 unspecified atom stereocenters. The predicted octanol–water partition coefficient (Wildman–Crippen LogP) is 3.80. The lowest BCUT2D eigenvalue weighted by Crippen LogP contribution is -1.99. The fraction of sp³-hybridized carbons (Fsp3) is 0.182. The first-order chi connectivity index (χ1) is 7.08. The highest BCUT2D eigenvalue weighted by molar-refractivity contribution is 6.35. The first-order valence-corrected chi connectivity index (χ1v) is 5.32. The van der Waals surface area contributed by atoms with Gasteiger partial charge in [0.1, 0.15) is 0 Å². The zero-order valence-electron chi connectivity index (χ0n) is 8.46. The van der Waals surface area contributed by atoms with Gasteiger partial charge in [-0.05, 0) is 38.1 Å². The summed E-state index contributed by atoms with van der Waals surface area (Å²) in [5.74, 6) is 0. The molecule has 0 aliphatic heterocycles. The Balaban J connectivity index is 2.59. The molecule has 0 aliphatic carbocycles. The maximum absolute atomic E-state index is 6.10. The molecule has 1 heterocycles. The molecule has 2 aromatic rings. The van der Waals surface area contributed by atoms with Crippen LogP contribution in [0.3, 0.4) is 0 Å². The summed E-state index contributed by atoms with van der Waals surface area (Å²) in [5, 5.41) is 5.60. The molecule has 0 amide bonds. The minimum Gasteiger partial charge on any atom is -0.236 e. The molecule has 0 bridgehead atoms. The lowest BCUT2D eigenvalue weighted by molar-refractivity contribution is 0.834. The highest BCUT2D eigenvalue weighted by atomic mass is 35.5. The van der Waals surface area contributed by atoms with Crippen LogP contribution in [-0.4, -0.2) is 9.78 Å². The van der Waals surface area contributed by atoms with Gasteiger partial charge in [0, 0.05) is 10.7 Å². The quantitative estimate of drug-likeness (QED) is 0.742. The largest absolute Gasteiger partial charge is 0.236 e. The van der Waals surface area contributed by atoms with Crippen LogP contribution in [0.25, 0.3) is 5.69 Å². The SMILES string of the molecule is Cc1cc(C)n(-c2ccc(Cl)cc2Cl)n1. The van der Waals surface area contributed by atoms with Crippen LogP contribution in [0.2, 0.25) is 10.0 Å². The van der Waals surface area contributed by atoms with E-state index in [0.29, 0.717) is 10.0 Å². The minimum absolute atomic E-state index is 0.605. The zero-order valence-corrected chi connectivity index (χ0v) is 9.97.